The molecular weight excluding hydrogens is 270 g/mol. The Hall–Kier alpha value is -1.66. The molecule has 0 aliphatic heterocycles. The minimum atomic E-state index is 0.404. The predicted molar refractivity (Wildman–Crippen MR) is 72.2 cm³/mol. The van der Waals surface area contributed by atoms with Crippen LogP contribution in [0.5, 0.6) is 0 Å². The van der Waals surface area contributed by atoms with Crippen LogP contribution in [0, 0.1) is 6.92 Å². The van der Waals surface area contributed by atoms with Crippen LogP contribution in [0.2, 0.25) is 5.15 Å². The van der Waals surface area contributed by atoms with Crippen molar-refractivity contribution in [2.75, 3.05) is 5.32 Å². The summed E-state index contributed by atoms with van der Waals surface area (Å²) in [7, 11) is 0. The van der Waals surface area contributed by atoms with Crippen LogP contribution < -0.4 is 5.32 Å². The van der Waals surface area contributed by atoms with Gasteiger partial charge in [-0.2, -0.15) is 19.6 Å². The van der Waals surface area contributed by atoms with Crippen LogP contribution in [0.25, 0.3) is 5.78 Å². The summed E-state index contributed by atoms with van der Waals surface area (Å²) in [6, 6.07) is 3.85. The average Bonchev–Trinajstić information content (AvgIpc) is 2.94. The quantitative estimate of drug-likeness (QED) is 0.749. The minimum Gasteiger partial charge on any atom is -0.365 e. The summed E-state index contributed by atoms with van der Waals surface area (Å²) in [5.41, 5.74) is 1.28. The van der Waals surface area contributed by atoms with E-state index in [-0.39, 0.29) is 0 Å². The van der Waals surface area contributed by atoms with E-state index >= 15 is 0 Å². The summed E-state index contributed by atoms with van der Waals surface area (Å²) in [4.78, 5) is 9.39. The summed E-state index contributed by atoms with van der Waals surface area (Å²) < 4.78 is 1.63. The van der Waals surface area contributed by atoms with Crippen molar-refractivity contribution in [3.63, 3.8) is 0 Å². The molecule has 0 saturated heterocycles. The Kier molecular flexibility index (Phi) is 2.89. The van der Waals surface area contributed by atoms with Gasteiger partial charge in [0.2, 0.25) is 0 Å². The lowest BCUT2D eigenvalue weighted by atomic mass is 10.3. The molecule has 0 aliphatic rings. The van der Waals surface area contributed by atoms with Crippen LogP contribution in [0.3, 0.4) is 0 Å². The average molecular weight is 280 g/mol. The number of nitrogens with one attached hydrogen (secondary N) is 1. The highest BCUT2D eigenvalue weighted by molar-refractivity contribution is 7.10. The van der Waals surface area contributed by atoms with Crippen LogP contribution in [-0.2, 0) is 6.54 Å². The van der Waals surface area contributed by atoms with E-state index in [2.05, 4.69) is 38.8 Å². The molecule has 0 aromatic carbocycles. The Balaban J connectivity index is 1.90. The first-order valence-corrected chi connectivity index (χ1v) is 6.63. The first kappa shape index (κ1) is 11.4. The van der Waals surface area contributed by atoms with E-state index in [9.17, 15) is 0 Å². The third kappa shape index (κ3) is 2.04. The number of aromatic nitrogens is 4. The maximum atomic E-state index is 5.94. The molecule has 0 radical (unpaired) electrons. The standard InChI is InChI=1S/C11H10ClN5S/c1-7-2-3-18-8(7)5-13-10-4-9(12)16-11-14-6-15-17(10)11/h2-4,6,13H,5H2,1H3. The summed E-state index contributed by atoms with van der Waals surface area (Å²) in [5.74, 6) is 1.28. The normalized spacial score (nSPS) is 11.0. The molecule has 7 heteroatoms. The molecule has 0 fully saturated rings. The van der Waals surface area contributed by atoms with Gasteiger partial charge in [0.1, 0.15) is 17.3 Å². The van der Waals surface area contributed by atoms with Gasteiger partial charge in [-0.25, -0.2) is 0 Å². The fraction of sp³-hybridized carbons (Fsp3) is 0.182. The van der Waals surface area contributed by atoms with Crippen LogP contribution in [0.1, 0.15) is 10.4 Å². The molecule has 1 N–H and O–H groups in total. The molecular formula is C11H10ClN5S. The Labute approximate surface area is 112 Å². The Bertz CT molecular complexity index is 690. The Morgan fingerprint density at radius 3 is 3.17 bits per heavy atom. The van der Waals surface area contributed by atoms with Crippen LogP contribution in [0.15, 0.2) is 23.8 Å². The SMILES string of the molecule is Cc1ccsc1CNc1cc(Cl)nc2ncnn12. The molecule has 0 saturated carbocycles. The number of rotatable bonds is 3. The zero-order valence-corrected chi connectivity index (χ0v) is 11.2. The molecule has 0 bridgehead atoms. The molecule has 0 unspecified atom stereocenters. The van der Waals surface area contributed by atoms with Gasteiger partial charge in [0.25, 0.3) is 5.78 Å². The third-order valence-electron chi connectivity index (χ3n) is 2.62. The number of hydrogen-bond donors (Lipinski definition) is 1. The van der Waals surface area contributed by atoms with E-state index in [0.29, 0.717) is 10.9 Å². The molecule has 0 amide bonds. The minimum absolute atomic E-state index is 0.404. The monoisotopic (exact) mass is 279 g/mol. The molecule has 92 valence electrons. The summed E-state index contributed by atoms with van der Waals surface area (Å²) in [6.45, 7) is 2.83. The van der Waals surface area contributed by atoms with Crippen molar-refractivity contribution < 1.29 is 0 Å². The molecule has 0 spiro atoms. The lowest BCUT2D eigenvalue weighted by Gasteiger charge is -2.07. The summed E-state index contributed by atoms with van der Waals surface area (Å²) in [5, 5.41) is 9.90. The van der Waals surface area contributed by atoms with Crippen molar-refractivity contribution in [1.29, 1.82) is 0 Å². The van der Waals surface area contributed by atoms with Gasteiger partial charge in [-0.3, -0.25) is 0 Å². The molecule has 3 rings (SSSR count). The van der Waals surface area contributed by atoms with Gasteiger partial charge in [0.15, 0.2) is 0 Å². The maximum Gasteiger partial charge on any atom is 0.255 e. The van der Waals surface area contributed by atoms with Gasteiger partial charge in [-0.05, 0) is 23.9 Å². The van der Waals surface area contributed by atoms with E-state index in [4.69, 9.17) is 11.6 Å². The lowest BCUT2D eigenvalue weighted by molar-refractivity contribution is 0.927. The fourth-order valence-corrected chi connectivity index (χ4v) is 2.69. The van der Waals surface area contributed by atoms with Crippen LogP contribution in [-0.4, -0.2) is 19.6 Å². The number of hydrogen-bond acceptors (Lipinski definition) is 5. The van der Waals surface area contributed by atoms with E-state index < -0.39 is 0 Å². The molecule has 0 atom stereocenters. The first-order valence-electron chi connectivity index (χ1n) is 5.37. The van der Waals surface area contributed by atoms with Crippen LogP contribution in [0.4, 0.5) is 5.82 Å². The van der Waals surface area contributed by atoms with E-state index in [0.717, 1.165) is 12.4 Å². The smallest absolute Gasteiger partial charge is 0.255 e. The van der Waals surface area contributed by atoms with Gasteiger partial charge in [0, 0.05) is 10.9 Å². The highest BCUT2D eigenvalue weighted by Crippen LogP contribution is 2.19. The summed E-state index contributed by atoms with van der Waals surface area (Å²) >= 11 is 7.67. The Morgan fingerprint density at radius 2 is 2.39 bits per heavy atom. The van der Waals surface area contributed by atoms with E-state index in [1.807, 2.05) is 0 Å². The van der Waals surface area contributed by atoms with Crippen molar-refractivity contribution in [3.05, 3.63) is 39.4 Å². The summed E-state index contributed by atoms with van der Waals surface area (Å²) in [6.07, 6.45) is 1.46. The zero-order chi connectivity index (χ0) is 12.5. The topological polar surface area (TPSA) is 55.1 Å². The number of halogens is 1. The van der Waals surface area contributed by atoms with Crippen LogP contribution >= 0.6 is 22.9 Å². The van der Waals surface area contributed by atoms with Crippen molar-refractivity contribution in [3.8, 4) is 0 Å². The second-order valence-electron chi connectivity index (χ2n) is 3.82. The number of fused-ring (bicyclic) bond motifs is 1. The highest BCUT2D eigenvalue weighted by Gasteiger charge is 2.07. The third-order valence-corrected chi connectivity index (χ3v) is 3.84. The maximum absolute atomic E-state index is 5.94. The second-order valence-corrected chi connectivity index (χ2v) is 5.20. The lowest BCUT2D eigenvalue weighted by Crippen LogP contribution is -2.05. The number of anilines is 1. The van der Waals surface area contributed by atoms with Gasteiger partial charge in [-0.1, -0.05) is 11.6 Å². The van der Waals surface area contributed by atoms with Crippen molar-refractivity contribution in [1.82, 2.24) is 19.6 Å². The van der Waals surface area contributed by atoms with Gasteiger partial charge in [0.05, 0.1) is 6.54 Å². The van der Waals surface area contributed by atoms with Crippen molar-refractivity contribution >= 4 is 34.5 Å². The van der Waals surface area contributed by atoms with E-state index in [1.54, 1.807) is 21.9 Å². The van der Waals surface area contributed by atoms with Crippen molar-refractivity contribution in [2.45, 2.75) is 13.5 Å². The van der Waals surface area contributed by atoms with Gasteiger partial charge >= 0.3 is 0 Å². The largest absolute Gasteiger partial charge is 0.365 e. The highest BCUT2D eigenvalue weighted by atomic mass is 35.5. The second kappa shape index (κ2) is 4.55. The molecule has 18 heavy (non-hydrogen) atoms. The number of thiophene rings is 1. The fourth-order valence-electron chi connectivity index (χ4n) is 1.67. The molecule has 3 aromatic rings. The van der Waals surface area contributed by atoms with E-state index in [1.165, 1.54) is 16.8 Å². The number of nitrogens with zero attached hydrogens (tertiary/aromatic N) is 4. The van der Waals surface area contributed by atoms with Gasteiger partial charge < -0.3 is 5.32 Å². The molecule has 3 aromatic heterocycles. The van der Waals surface area contributed by atoms with Crippen molar-refractivity contribution in [2.24, 2.45) is 0 Å². The zero-order valence-electron chi connectivity index (χ0n) is 9.59. The molecule has 0 aliphatic carbocycles. The predicted octanol–water partition coefficient (Wildman–Crippen LogP) is 2.76. The molecule has 5 nitrogen and oxygen atoms in total. The first-order chi connectivity index (χ1) is 8.74. The van der Waals surface area contributed by atoms with Gasteiger partial charge in [-0.15, -0.1) is 11.3 Å². The Morgan fingerprint density at radius 1 is 1.50 bits per heavy atom. The number of aryl methyl sites for hydroxylation is 1. The molecule has 3 heterocycles.